The third-order valence-corrected chi connectivity index (χ3v) is 4.44. The van der Waals surface area contributed by atoms with Gasteiger partial charge in [-0.25, -0.2) is 4.79 Å². The van der Waals surface area contributed by atoms with E-state index in [1.807, 2.05) is 61.8 Å². The van der Waals surface area contributed by atoms with Crippen molar-refractivity contribution in [1.29, 1.82) is 0 Å². The number of hydrogen-bond acceptors (Lipinski definition) is 2. The van der Waals surface area contributed by atoms with E-state index in [2.05, 4.69) is 5.32 Å². The molecule has 0 aliphatic carbocycles. The van der Waals surface area contributed by atoms with Gasteiger partial charge in [0, 0.05) is 37.3 Å². The van der Waals surface area contributed by atoms with Crippen LogP contribution in [0.3, 0.4) is 0 Å². The summed E-state index contributed by atoms with van der Waals surface area (Å²) in [7, 11) is 0. The van der Waals surface area contributed by atoms with Crippen molar-refractivity contribution >= 4 is 17.6 Å². The Morgan fingerprint density at radius 3 is 2.50 bits per heavy atom. The number of amides is 3. The van der Waals surface area contributed by atoms with E-state index in [4.69, 9.17) is 0 Å². The monoisotopic (exact) mass is 331 g/mol. The average Bonchev–Trinajstić information content (AvgIpc) is 2.55. The van der Waals surface area contributed by atoms with Crippen LogP contribution < -0.4 is 10.2 Å². The van der Waals surface area contributed by atoms with Crippen molar-refractivity contribution in [1.82, 2.24) is 10.2 Å². The molecule has 1 fully saturated rings. The quantitative estimate of drug-likeness (QED) is 0.921. The molecular formula is C19H29N3O2. The minimum Gasteiger partial charge on any atom is -0.336 e. The number of nitrogens with one attached hydrogen (secondary N) is 1. The molecule has 24 heavy (non-hydrogen) atoms. The smallest absolute Gasteiger partial charge is 0.317 e. The van der Waals surface area contributed by atoms with E-state index in [1.54, 1.807) is 0 Å². The lowest BCUT2D eigenvalue weighted by atomic mass is 9.95. The van der Waals surface area contributed by atoms with Crippen molar-refractivity contribution in [3.05, 3.63) is 29.8 Å². The number of anilines is 1. The molecule has 5 heteroatoms. The molecule has 132 valence electrons. The predicted octanol–water partition coefficient (Wildman–Crippen LogP) is 3.18. The third kappa shape index (κ3) is 4.49. The molecule has 5 nitrogen and oxygen atoms in total. The highest BCUT2D eigenvalue weighted by Gasteiger charge is 2.30. The number of hydrogen-bond donors (Lipinski definition) is 1. The lowest BCUT2D eigenvalue weighted by Crippen LogP contribution is -2.49. The second-order valence-electron chi connectivity index (χ2n) is 6.79. The van der Waals surface area contributed by atoms with E-state index in [-0.39, 0.29) is 23.9 Å². The van der Waals surface area contributed by atoms with Crippen molar-refractivity contribution < 1.29 is 9.59 Å². The van der Waals surface area contributed by atoms with Gasteiger partial charge in [-0.2, -0.15) is 0 Å². The van der Waals surface area contributed by atoms with E-state index in [9.17, 15) is 9.59 Å². The minimum atomic E-state index is -0.0260. The molecule has 0 aromatic heterocycles. The summed E-state index contributed by atoms with van der Waals surface area (Å²) in [6, 6.07) is 8.16. The maximum Gasteiger partial charge on any atom is 0.317 e. The Morgan fingerprint density at radius 1 is 1.29 bits per heavy atom. The first-order valence-electron chi connectivity index (χ1n) is 8.85. The zero-order valence-corrected chi connectivity index (χ0v) is 15.2. The van der Waals surface area contributed by atoms with Crippen LogP contribution in [-0.4, -0.2) is 42.5 Å². The zero-order chi connectivity index (χ0) is 17.7. The van der Waals surface area contributed by atoms with E-state index in [0.717, 1.165) is 24.1 Å². The topological polar surface area (TPSA) is 52.7 Å². The van der Waals surface area contributed by atoms with Crippen LogP contribution in [-0.2, 0) is 4.79 Å². The second kappa shape index (κ2) is 8.18. The number of piperidine rings is 1. The summed E-state index contributed by atoms with van der Waals surface area (Å²) in [5.41, 5.74) is 2.11. The third-order valence-electron chi connectivity index (χ3n) is 4.44. The summed E-state index contributed by atoms with van der Waals surface area (Å²) in [6.07, 6.45) is 1.46. The summed E-state index contributed by atoms with van der Waals surface area (Å²) in [4.78, 5) is 28.6. The number of nitrogens with zero attached hydrogens (tertiary/aromatic N) is 2. The van der Waals surface area contributed by atoms with Crippen molar-refractivity contribution in [2.24, 2.45) is 5.92 Å². The maximum absolute atomic E-state index is 12.9. The summed E-state index contributed by atoms with van der Waals surface area (Å²) in [6.45, 7) is 9.89. The van der Waals surface area contributed by atoms with Gasteiger partial charge in [0.15, 0.2) is 0 Å². The molecule has 3 amide bonds. The lowest BCUT2D eigenvalue weighted by Gasteiger charge is -2.34. The van der Waals surface area contributed by atoms with Gasteiger partial charge in [-0.3, -0.25) is 4.79 Å². The molecule has 1 saturated heterocycles. The van der Waals surface area contributed by atoms with Crippen LogP contribution in [0.1, 0.15) is 39.2 Å². The fourth-order valence-corrected chi connectivity index (χ4v) is 3.15. The number of benzene rings is 1. The fourth-order valence-electron chi connectivity index (χ4n) is 3.15. The highest BCUT2D eigenvalue weighted by molar-refractivity contribution is 5.95. The first-order chi connectivity index (χ1) is 11.4. The minimum absolute atomic E-state index is 0.00596. The summed E-state index contributed by atoms with van der Waals surface area (Å²) in [5.74, 6) is 0.167. The summed E-state index contributed by atoms with van der Waals surface area (Å²) >= 11 is 0. The number of likely N-dealkylation sites (tertiary alicyclic amines) is 1. The van der Waals surface area contributed by atoms with Gasteiger partial charge in [0.1, 0.15) is 0 Å². The van der Waals surface area contributed by atoms with Crippen molar-refractivity contribution in [3.63, 3.8) is 0 Å². The molecule has 1 aliphatic rings. The Labute approximate surface area is 145 Å². The largest absolute Gasteiger partial charge is 0.336 e. The normalized spacial score (nSPS) is 15.5. The van der Waals surface area contributed by atoms with Gasteiger partial charge in [-0.05, 0) is 58.2 Å². The molecule has 1 aliphatic heterocycles. The van der Waals surface area contributed by atoms with Crippen LogP contribution in [0.25, 0.3) is 0 Å². The molecular weight excluding hydrogens is 302 g/mol. The van der Waals surface area contributed by atoms with Crippen molar-refractivity contribution in [2.75, 3.05) is 24.5 Å². The van der Waals surface area contributed by atoms with Gasteiger partial charge >= 0.3 is 6.03 Å². The Bertz CT molecular complexity index is 578. The lowest BCUT2D eigenvalue weighted by molar-refractivity contribution is -0.123. The molecule has 0 saturated carbocycles. The van der Waals surface area contributed by atoms with Gasteiger partial charge in [0.2, 0.25) is 5.91 Å². The van der Waals surface area contributed by atoms with Gasteiger partial charge in [0.25, 0.3) is 0 Å². The maximum atomic E-state index is 12.9. The van der Waals surface area contributed by atoms with E-state index in [0.29, 0.717) is 19.6 Å². The van der Waals surface area contributed by atoms with Gasteiger partial charge in [0.05, 0.1) is 0 Å². The molecule has 0 unspecified atom stereocenters. The zero-order valence-electron chi connectivity index (χ0n) is 15.2. The van der Waals surface area contributed by atoms with Crippen molar-refractivity contribution in [3.8, 4) is 0 Å². The summed E-state index contributed by atoms with van der Waals surface area (Å²) < 4.78 is 0. The number of aryl methyl sites for hydroxylation is 1. The summed E-state index contributed by atoms with van der Waals surface area (Å²) in [5, 5.41) is 2.91. The predicted molar refractivity (Wildman–Crippen MR) is 97.2 cm³/mol. The molecule has 0 radical (unpaired) electrons. The van der Waals surface area contributed by atoms with E-state index < -0.39 is 0 Å². The van der Waals surface area contributed by atoms with Crippen LogP contribution in [0, 0.1) is 12.8 Å². The standard InChI is InChI=1S/C19H29N3O2/c1-5-22(17-8-6-7-15(4)13-17)18(23)16-9-11-21(12-10-16)19(24)20-14(2)3/h6-8,13-14,16H,5,9-12H2,1-4H3,(H,20,24). The van der Waals surface area contributed by atoms with E-state index in [1.165, 1.54) is 0 Å². The molecule has 1 heterocycles. The van der Waals surface area contributed by atoms with Gasteiger partial charge in [-0.1, -0.05) is 12.1 Å². The highest BCUT2D eigenvalue weighted by Crippen LogP contribution is 2.24. The molecule has 1 aromatic carbocycles. The first kappa shape index (κ1) is 18.3. The molecule has 2 rings (SSSR count). The molecule has 1 aromatic rings. The Balaban J connectivity index is 1.97. The number of carbonyl (C=O) groups is 2. The van der Waals surface area contributed by atoms with Gasteiger partial charge < -0.3 is 15.1 Å². The van der Waals surface area contributed by atoms with Crippen LogP contribution in [0.4, 0.5) is 10.5 Å². The Morgan fingerprint density at radius 2 is 1.96 bits per heavy atom. The highest BCUT2D eigenvalue weighted by atomic mass is 16.2. The second-order valence-corrected chi connectivity index (χ2v) is 6.79. The Kier molecular flexibility index (Phi) is 6.23. The van der Waals surface area contributed by atoms with Crippen LogP contribution in [0.15, 0.2) is 24.3 Å². The number of rotatable bonds is 4. The van der Waals surface area contributed by atoms with Crippen LogP contribution in [0.2, 0.25) is 0 Å². The van der Waals surface area contributed by atoms with Crippen molar-refractivity contribution in [2.45, 2.75) is 46.6 Å². The molecule has 0 atom stereocenters. The average molecular weight is 331 g/mol. The van der Waals surface area contributed by atoms with Gasteiger partial charge in [-0.15, -0.1) is 0 Å². The Hall–Kier alpha value is -2.04. The number of urea groups is 1. The van der Waals surface area contributed by atoms with Crippen LogP contribution >= 0.6 is 0 Å². The number of carbonyl (C=O) groups excluding carboxylic acids is 2. The first-order valence-corrected chi connectivity index (χ1v) is 8.85. The fraction of sp³-hybridized carbons (Fsp3) is 0.579. The SMILES string of the molecule is CCN(C(=O)C1CCN(C(=O)NC(C)C)CC1)c1cccc(C)c1. The van der Waals surface area contributed by atoms with E-state index >= 15 is 0 Å². The van der Waals surface area contributed by atoms with Crippen LogP contribution in [0.5, 0.6) is 0 Å². The molecule has 0 bridgehead atoms. The molecule has 1 N–H and O–H groups in total. The molecule has 0 spiro atoms.